The van der Waals surface area contributed by atoms with Crippen molar-refractivity contribution in [2.24, 2.45) is 0 Å². The highest BCUT2D eigenvalue weighted by molar-refractivity contribution is 5.22. The van der Waals surface area contributed by atoms with Gasteiger partial charge in [-0.05, 0) is 37.1 Å². The van der Waals surface area contributed by atoms with Crippen LogP contribution in [0.25, 0.3) is 0 Å². The molecule has 0 fully saturated rings. The second-order valence-corrected chi connectivity index (χ2v) is 7.71. The van der Waals surface area contributed by atoms with Gasteiger partial charge in [-0.1, -0.05) is 102 Å². The maximum absolute atomic E-state index is 3.58. The number of unbranched alkanes of at least 4 members (excludes halogenated alkanes) is 10. The fourth-order valence-corrected chi connectivity index (χ4v) is 3.30. The van der Waals surface area contributed by atoms with E-state index in [1.54, 1.807) is 0 Å². The molecule has 0 amide bonds. The van der Waals surface area contributed by atoms with Crippen molar-refractivity contribution >= 4 is 0 Å². The molecule has 150 valence electrons. The Kier molecular flexibility index (Phi) is 15.6. The first kappa shape index (κ1) is 23.2. The van der Waals surface area contributed by atoms with Gasteiger partial charge >= 0.3 is 0 Å². The van der Waals surface area contributed by atoms with Crippen molar-refractivity contribution in [3.05, 3.63) is 35.4 Å². The summed E-state index contributed by atoms with van der Waals surface area (Å²) in [5.74, 6) is 0. The van der Waals surface area contributed by atoms with E-state index in [9.17, 15) is 0 Å². The van der Waals surface area contributed by atoms with E-state index in [2.05, 4.69) is 48.7 Å². The molecule has 0 spiro atoms. The second kappa shape index (κ2) is 17.5. The Morgan fingerprint density at radius 1 is 0.500 bits per heavy atom. The zero-order chi connectivity index (χ0) is 18.7. The third-order valence-corrected chi connectivity index (χ3v) is 5.10. The molecule has 0 aliphatic rings. The molecule has 0 heterocycles. The molecule has 0 bridgehead atoms. The highest BCUT2D eigenvalue weighted by atomic mass is 14.8. The van der Waals surface area contributed by atoms with Crippen LogP contribution in [0.3, 0.4) is 0 Å². The van der Waals surface area contributed by atoms with Crippen LogP contribution in [0, 0.1) is 0 Å². The van der Waals surface area contributed by atoms with Crippen LogP contribution in [0.4, 0.5) is 0 Å². The molecule has 26 heavy (non-hydrogen) atoms. The maximum atomic E-state index is 3.58. The van der Waals surface area contributed by atoms with Crippen molar-refractivity contribution in [2.75, 3.05) is 13.1 Å². The zero-order valence-electron chi connectivity index (χ0n) is 17.6. The third kappa shape index (κ3) is 13.4. The Labute approximate surface area is 163 Å². The normalized spacial score (nSPS) is 11.2. The van der Waals surface area contributed by atoms with E-state index >= 15 is 0 Å². The lowest BCUT2D eigenvalue weighted by atomic mass is 10.1. The summed E-state index contributed by atoms with van der Waals surface area (Å²) in [5.41, 5.74) is 2.80. The Bertz CT molecular complexity index is 360. The van der Waals surface area contributed by atoms with Gasteiger partial charge in [-0.25, -0.2) is 0 Å². The van der Waals surface area contributed by atoms with Crippen LogP contribution in [0.15, 0.2) is 24.3 Å². The average molecular weight is 361 g/mol. The van der Waals surface area contributed by atoms with Crippen LogP contribution in [-0.2, 0) is 13.1 Å². The monoisotopic (exact) mass is 360 g/mol. The lowest BCUT2D eigenvalue weighted by Crippen LogP contribution is -2.16. The van der Waals surface area contributed by atoms with Crippen LogP contribution < -0.4 is 10.6 Å². The van der Waals surface area contributed by atoms with Crippen molar-refractivity contribution in [3.8, 4) is 0 Å². The summed E-state index contributed by atoms with van der Waals surface area (Å²) in [6.07, 6.45) is 16.4. The predicted octanol–water partition coefficient (Wildman–Crippen LogP) is 6.59. The summed E-state index contributed by atoms with van der Waals surface area (Å²) in [7, 11) is 0. The van der Waals surface area contributed by atoms with Gasteiger partial charge in [-0.3, -0.25) is 0 Å². The van der Waals surface area contributed by atoms with Crippen LogP contribution in [-0.4, -0.2) is 13.1 Å². The van der Waals surface area contributed by atoms with E-state index in [0.29, 0.717) is 0 Å². The minimum absolute atomic E-state index is 1.00. The molecule has 0 aromatic heterocycles. The fourth-order valence-electron chi connectivity index (χ4n) is 3.30. The van der Waals surface area contributed by atoms with Crippen molar-refractivity contribution in [3.63, 3.8) is 0 Å². The molecule has 0 aliphatic carbocycles. The van der Waals surface area contributed by atoms with Gasteiger partial charge in [-0.2, -0.15) is 0 Å². The van der Waals surface area contributed by atoms with Crippen LogP contribution >= 0.6 is 0 Å². The summed E-state index contributed by atoms with van der Waals surface area (Å²) in [6, 6.07) is 9.10. The van der Waals surface area contributed by atoms with Gasteiger partial charge in [0.2, 0.25) is 0 Å². The molecule has 0 aliphatic heterocycles. The highest BCUT2D eigenvalue weighted by Gasteiger charge is 1.96. The lowest BCUT2D eigenvalue weighted by Gasteiger charge is -2.08. The fraction of sp³-hybridized carbons (Fsp3) is 0.750. The quantitative estimate of drug-likeness (QED) is 0.289. The first-order valence-corrected chi connectivity index (χ1v) is 11.4. The van der Waals surface area contributed by atoms with E-state index in [0.717, 1.165) is 26.2 Å². The number of hydrogen-bond acceptors (Lipinski definition) is 2. The van der Waals surface area contributed by atoms with Gasteiger partial charge in [0.05, 0.1) is 0 Å². The molecule has 0 radical (unpaired) electrons. The summed E-state index contributed by atoms with van der Waals surface area (Å²) < 4.78 is 0. The Morgan fingerprint density at radius 2 is 0.846 bits per heavy atom. The van der Waals surface area contributed by atoms with Gasteiger partial charge < -0.3 is 10.6 Å². The van der Waals surface area contributed by atoms with E-state index in [4.69, 9.17) is 0 Å². The smallest absolute Gasteiger partial charge is 0.0205 e. The van der Waals surface area contributed by atoms with Crippen molar-refractivity contribution < 1.29 is 0 Å². The van der Waals surface area contributed by atoms with Gasteiger partial charge in [0.25, 0.3) is 0 Å². The summed E-state index contributed by atoms with van der Waals surface area (Å²) in [5, 5.41) is 7.15. The first-order chi connectivity index (χ1) is 12.9. The van der Waals surface area contributed by atoms with E-state index in [1.165, 1.54) is 88.2 Å². The van der Waals surface area contributed by atoms with Gasteiger partial charge in [0.15, 0.2) is 0 Å². The van der Waals surface area contributed by atoms with Crippen LogP contribution in [0.5, 0.6) is 0 Å². The molecule has 1 aromatic rings. The molecule has 0 atom stereocenters. The molecule has 2 N–H and O–H groups in total. The number of benzene rings is 1. The minimum atomic E-state index is 1.00. The highest BCUT2D eigenvalue weighted by Crippen LogP contribution is 2.07. The molecule has 0 unspecified atom stereocenters. The van der Waals surface area contributed by atoms with Crippen LogP contribution in [0.1, 0.15) is 102 Å². The Morgan fingerprint density at radius 3 is 1.23 bits per heavy atom. The third-order valence-electron chi connectivity index (χ3n) is 5.10. The van der Waals surface area contributed by atoms with Crippen molar-refractivity contribution in [1.29, 1.82) is 0 Å². The van der Waals surface area contributed by atoms with E-state index in [1.807, 2.05) is 0 Å². The number of hydrogen-bond donors (Lipinski definition) is 2. The predicted molar refractivity (Wildman–Crippen MR) is 117 cm³/mol. The SMILES string of the molecule is CCCCCCCCNCc1ccc(CNCCCCCCCC)cc1. The average Bonchev–Trinajstić information content (AvgIpc) is 2.67. The molecule has 2 heteroatoms. The molecule has 1 rings (SSSR count). The van der Waals surface area contributed by atoms with E-state index < -0.39 is 0 Å². The number of rotatable bonds is 18. The summed E-state index contributed by atoms with van der Waals surface area (Å²) >= 11 is 0. The van der Waals surface area contributed by atoms with Gasteiger partial charge in [0, 0.05) is 13.1 Å². The standard InChI is InChI=1S/C24H44N2/c1-3-5-7-9-11-13-19-25-21-23-15-17-24(18-16-23)22-26-20-14-12-10-8-6-4-2/h15-18,25-26H,3-14,19-22H2,1-2H3. The maximum Gasteiger partial charge on any atom is 0.0205 e. The molecule has 0 saturated heterocycles. The summed E-state index contributed by atoms with van der Waals surface area (Å²) in [6.45, 7) is 8.85. The van der Waals surface area contributed by atoms with Gasteiger partial charge in [0.1, 0.15) is 0 Å². The largest absolute Gasteiger partial charge is 0.313 e. The Balaban J connectivity index is 1.98. The van der Waals surface area contributed by atoms with Crippen molar-refractivity contribution in [1.82, 2.24) is 10.6 Å². The molecule has 0 saturated carbocycles. The lowest BCUT2D eigenvalue weighted by molar-refractivity contribution is 0.570. The zero-order valence-corrected chi connectivity index (χ0v) is 17.6. The second-order valence-electron chi connectivity index (χ2n) is 7.71. The van der Waals surface area contributed by atoms with E-state index in [-0.39, 0.29) is 0 Å². The Hall–Kier alpha value is -0.860. The molecule has 1 aromatic carbocycles. The minimum Gasteiger partial charge on any atom is -0.313 e. The molecular formula is C24H44N2. The summed E-state index contributed by atoms with van der Waals surface area (Å²) in [4.78, 5) is 0. The number of nitrogens with one attached hydrogen (secondary N) is 2. The van der Waals surface area contributed by atoms with Gasteiger partial charge in [-0.15, -0.1) is 0 Å². The van der Waals surface area contributed by atoms with Crippen LogP contribution in [0.2, 0.25) is 0 Å². The topological polar surface area (TPSA) is 24.1 Å². The van der Waals surface area contributed by atoms with Crippen molar-refractivity contribution in [2.45, 2.75) is 104 Å². The first-order valence-electron chi connectivity index (χ1n) is 11.4. The molecule has 2 nitrogen and oxygen atoms in total. The molecular weight excluding hydrogens is 316 g/mol.